The van der Waals surface area contributed by atoms with E-state index in [2.05, 4.69) is 5.32 Å². The van der Waals surface area contributed by atoms with Gasteiger partial charge in [-0.25, -0.2) is 12.7 Å². The van der Waals surface area contributed by atoms with Crippen molar-refractivity contribution in [2.75, 3.05) is 38.0 Å². The van der Waals surface area contributed by atoms with Gasteiger partial charge < -0.3 is 15.0 Å². The molecule has 0 fully saturated rings. The Morgan fingerprint density at radius 3 is 2.33 bits per heavy atom. The molecule has 0 atom stereocenters. The Kier molecular flexibility index (Phi) is 7.42. The molecule has 0 aromatic heterocycles. The fourth-order valence-corrected chi connectivity index (χ4v) is 4.98. The number of methoxy groups -OCH3 is 1. The Labute approximate surface area is 211 Å². The lowest BCUT2D eigenvalue weighted by molar-refractivity contribution is -0.116. The van der Waals surface area contributed by atoms with Crippen LogP contribution in [0, 0.1) is 0 Å². The Morgan fingerprint density at radius 1 is 1.00 bits per heavy atom. The molecule has 0 aliphatic carbocycles. The van der Waals surface area contributed by atoms with Crippen LogP contribution >= 0.6 is 0 Å². The number of carbonyl (C=O) groups is 2. The van der Waals surface area contributed by atoms with Crippen molar-refractivity contribution < 1.29 is 22.7 Å². The van der Waals surface area contributed by atoms with E-state index in [1.165, 1.54) is 14.1 Å². The monoisotopic (exact) mass is 507 g/mol. The molecule has 0 saturated carbocycles. The Hall–Kier alpha value is -3.69. The minimum Gasteiger partial charge on any atom is -0.497 e. The molecule has 3 aromatic carbocycles. The summed E-state index contributed by atoms with van der Waals surface area (Å²) >= 11 is 0. The minimum absolute atomic E-state index is 0.0976. The van der Waals surface area contributed by atoms with E-state index in [1.54, 1.807) is 60.5 Å². The molecule has 0 radical (unpaired) electrons. The first-order chi connectivity index (χ1) is 17.2. The molecule has 9 heteroatoms. The van der Waals surface area contributed by atoms with Crippen molar-refractivity contribution in [3.63, 3.8) is 0 Å². The normalized spacial score (nSPS) is 12.9. The topological polar surface area (TPSA) is 96.0 Å². The summed E-state index contributed by atoms with van der Waals surface area (Å²) in [6.07, 6.45) is 1.47. The van der Waals surface area contributed by atoms with E-state index in [-0.39, 0.29) is 23.1 Å². The summed E-state index contributed by atoms with van der Waals surface area (Å²) in [7, 11) is 1.07. The quantitative estimate of drug-likeness (QED) is 0.501. The van der Waals surface area contributed by atoms with Crippen LogP contribution in [0.4, 0.5) is 11.4 Å². The number of rotatable bonds is 8. The van der Waals surface area contributed by atoms with Gasteiger partial charge in [0, 0.05) is 44.0 Å². The molecular weight excluding hydrogens is 478 g/mol. The maximum atomic E-state index is 13.1. The predicted octanol–water partition coefficient (Wildman–Crippen LogP) is 3.72. The molecule has 3 aromatic rings. The highest BCUT2D eigenvalue weighted by molar-refractivity contribution is 7.89. The number of ether oxygens (including phenoxy) is 1. The van der Waals surface area contributed by atoms with Gasteiger partial charge in [-0.1, -0.05) is 18.2 Å². The van der Waals surface area contributed by atoms with E-state index >= 15 is 0 Å². The molecule has 0 unspecified atom stereocenters. The zero-order chi connectivity index (χ0) is 25.9. The first-order valence-corrected chi connectivity index (χ1v) is 13.0. The number of nitrogens with zero attached hydrogens (tertiary/aromatic N) is 2. The number of carbonyl (C=O) groups excluding carboxylic acids is 2. The van der Waals surface area contributed by atoms with Crippen molar-refractivity contribution >= 4 is 33.2 Å². The van der Waals surface area contributed by atoms with E-state index < -0.39 is 10.0 Å². The van der Waals surface area contributed by atoms with Crippen molar-refractivity contribution in [1.82, 2.24) is 4.31 Å². The van der Waals surface area contributed by atoms with Crippen molar-refractivity contribution in [3.05, 3.63) is 83.4 Å². The standard InChI is InChI=1S/C27H29N3O5S/c1-29(2)36(33,34)24-13-4-19(5-14-24)6-15-26(31)28-22-10-7-20-16-17-30(25(20)18-22)27(32)21-8-11-23(35-3)12-9-21/h4-5,7-14,18H,6,15-17H2,1-3H3,(H,28,31). The van der Waals surface area contributed by atoms with Gasteiger partial charge in [0.05, 0.1) is 12.0 Å². The SMILES string of the molecule is COc1ccc(C(=O)N2CCc3ccc(NC(=O)CCc4ccc(S(=O)(=O)N(C)C)cc4)cc32)cc1. The highest BCUT2D eigenvalue weighted by Crippen LogP contribution is 2.32. The summed E-state index contributed by atoms with van der Waals surface area (Å²) < 4.78 is 30.7. The third-order valence-electron chi connectivity index (χ3n) is 6.19. The Morgan fingerprint density at radius 2 is 1.69 bits per heavy atom. The van der Waals surface area contributed by atoms with Gasteiger partial charge in [-0.3, -0.25) is 9.59 Å². The second kappa shape index (κ2) is 10.5. The van der Waals surface area contributed by atoms with Crippen LogP contribution in [0.2, 0.25) is 0 Å². The number of fused-ring (bicyclic) bond motifs is 1. The van der Waals surface area contributed by atoms with Gasteiger partial charge >= 0.3 is 0 Å². The number of benzene rings is 3. The summed E-state index contributed by atoms with van der Waals surface area (Å²) in [6.45, 7) is 0.580. The van der Waals surface area contributed by atoms with E-state index in [1.807, 2.05) is 18.2 Å². The molecule has 8 nitrogen and oxygen atoms in total. The summed E-state index contributed by atoms with van der Waals surface area (Å²) in [6, 6.07) is 19.2. The van der Waals surface area contributed by atoms with Gasteiger partial charge in [-0.15, -0.1) is 0 Å². The van der Waals surface area contributed by atoms with E-state index in [0.29, 0.717) is 30.0 Å². The molecule has 0 spiro atoms. The van der Waals surface area contributed by atoms with Gasteiger partial charge in [-0.2, -0.15) is 0 Å². The first kappa shape index (κ1) is 25.4. The number of aryl methyl sites for hydroxylation is 1. The van der Waals surface area contributed by atoms with Crippen molar-refractivity contribution in [1.29, 1.82) is 0 Å². The van der Waals surface area contributed by atoms with Gasteiger partial charge in [0.15, 0.2) is 0 Å². The molecule has 2 amide bonds. The number of anilines is 2. The van der Waals surface area contributed by atoms with Crippen LogP contribution in [0.25, 0.3) is 0 Å². The summed E-state index contributed by atoms with van der Waals surface area (Å²) in [5, 5.41) is 2.91. The molecule has 1 N–H and O–H groups in total. The van der Waals surface area contributed by atoms with E-state index in [0.717, 1.165) is 27.5 Å². The highest BCUT2D eigenvalue weighted by Gasteiger charge is 2.26. The zero-order valence-corrected chi connectivity index (χ0v) is 21.3. The fourth-order valence-electron chi connectivity index (χ4n) is 4.08. The average molecular weight is 508 g/mol. The average Bonchev–Trinajstić information content (AvgIpc) is 3.30. The largest absolute Gasteiger partial charge is 0.497 e. The molecule has 0 saturated heterocycles. The molecule has 1 heterocycles. The van der Waals surface area contributed by atoms with Gasteiger partial charge in [0.2, 0.25) is 15.9 Å². The second-order valence-corrected chi connectivity index (χ2v) is 10.9. The number of nitrogens with one attached hydrogen (secondary N) is 1. The maximum absolute atomic E-state index is 13.1. The van der Waals surface area contributed by atoms with Crippen molar-refractivity contribution in [2.45, 2.75) is 24.2 Å². The third-order valence-corrected chi connectivity index (χ3v) is 8.02. The molecule has 36 heavy (non-hydrogen) atoms. The lowest BCUT2D eigenvalue weighted by Gasteiger charge is -2.18. The van der Waals surface area contributed by atoms with Gasteiger partial charge in [-0.05, 0) is 72.5 Å². The Bertz CT molecular complexity index is 1370. The molecule has 0 bridgehead atoms. The van der Waals surface area contributed by atoms with Crippen LogP contribution in [0.15, 0.2) is 71.6 Å². The van der Waals surface area contributed by atoms with Gasteiger partial charge in [0.25, 0.3) is 5.91 Å². The molecule has 188 valence electrons. The lowest BCUT2D eigenvalue weighted by Crippen LogP contribution is -2.28. The summed E-state index contributed by atoms with van der Waals surface area (Å²) in [5.74, 6) is 0.429. The van der Waals surface area contributed by atoms with Crippen LogP contribution in [0.1, 0.15) is 27.9 Å². The Balaban J connectivity index is 1.39. The maximum Gasteiger partial charge on any atom is 0.258 e. The first-order valence-electron chi connectivity index (χ1n) is 11.6. The van der Waals surface area contributed by atoms with Crippen LogP contribution in [-0.4, -0.2) is 52.3 Å². The predicted molar refractivity (Wildman–Crippen MR) is 139 cm³/mol. The fraction of sp³-hybridized carbons (Fsp3) is 0.259. The zero-order valence-electron chi connectivity index (χ0n) is 20.5. The molecule has 1 aliphatic heterocycles. The summed E-state index contributed by atoms with van der Waals surface area (Å²) in [5.41, 5.74) is 3.92. The smallest absolute Gasteiger partial charge is 0.258 e. The van der Waals surface area contributed by atoms with Crippen LogP contribution in [0.5, 0.6) is 5.75 Å². The molecule has 1 aliphatic rings. The van der Waals surface area contributed by atoms with Crippen LogP contribution in [-0.2, 0) is 27.7 Å². The highest BCUT2D eigenvalue weighted by atomic mass is 32.2. The van der Waals surface area contributed by atoms with Crippen LogP contribution < -0.4 is 15.0 Å². The van der Waals surface area contributed by atoms with Crippen molar-refractivity contribution in [3.8, 4) is 5.75 Å². The van der Waals surface area contributed by atoms with Gasteiger partial charge in [0.1, 0.15) is 5.75 Å². The van der Waals surface area contributed by atoms with E-state index in [9.17, 15) is 18.0 Å². The molecular formula is C27H29N3O5S. The number of sulfonamides is 1. The molecule has 4 rings (SSSR count). The third kappa shape index (κ3) is 5.42. The number of hydrogen-bond acceptors (Lipinski definition) is 5. The van der Waals surface area contributed by atoms with E-state index in [4.69, 9.17) is 4.74 Å². The lowest BCUT2D eigenvalue weighted by atomic mass is 10.1. The minimum atomic E-state index is -3.48. The number of amides is 2. The van der Waals surface area contributed by atoms with Crippen LogP contribution in [0.3, 0.4) is 0 Å². The van der Waals surface area contributed by atoms with Crippen molar-refractivity contribution in [2.24, 2.45) is 0 Å². The number of hydrogen-bond donors (Lipinski definition) is 1. The second-order valence-electron chi connectivity index (χ2n) is 8.76. The summed E-state index contributed by atoms with van der Waals surface area (Å²) in [4.78, 5) is 27.6.